The summed E-state index contributed by atoms with van der Waals surface area (Å²) in [4.78, 5) is 11.4. The second-order valence-corrected chi connectivity index (χ2v) is 5.90. The predicted octanol–water partition coefficient (Wildman–Crippen LogP) is 2.95. The Morgan fingerprint density at radius 2 is 2.28 bits per heavy atom. The first-order valence-corrected chi connectivity index (χ1v) is 6.94. The van der Waals surface area contributed by atoms with E-state index in [2.05, 4.69) is 26.8 Å². The summed E-state index contributed by atoms with van der Waals surface area (Å²) in [5.74, 6) is 0.777. The summed E-state index contributed by atoms with van der Waals surface area (Å²) in [7, 11) is 0. The van der Waals surface area contributed by atoms with Gasteiger partial charge in [0.05, 0.1) is 19.3 Å². The van der Waals surface area contributed by atoms with Gasteiger partial charge in [0, 0.05) is 17.8 Å². The van der Waals surface area contributed by atoms with Crippen molar-refractivity contribution in [2.24, 2.45) is 17.3 Å². The van der Waals surface area contributed by atoms with Crippen molar-refractivity contribution in [3.8, 4) is 0 Å². The van der Waals surface area contributed by atoms with Gasteiger partial charge in [-0.25, -0.2) is 0 Å². The highest BCUT2D eigenvalue weighted by molar-refractivity contribution is 5.68. The lowest BCUT2D eigenvalue weighted by Gasteiger charge is -2.49. The average Bonchev–Trinajstić information content (AvgIpc) is 2.36. The Hall–Kier alpha value is -0.830. The van der Waals surface area contributed by atoms with Gasteiger partial charge in [0.1, 0.15) is 0 Å². The van der Waals surface area contributed by atoms with E-state index in [0.29, 0.717) is 31.5 Å². The molecule has 1 aliphatic carbocycles. The van der Waals surface area contributed by atoms with Crippen LogP contribution in [0.2, 0.25) is 0 Å². The lowest BCUT2D eigenvalue weighted by Crippen LogP contribution is -2.50. The molecule has 0 aromatic rings. The van der Waals surface area contributed by atoms with Gasteiger partial charge < -0.3 is 9.47 Å². The van der Waals surface area contributed by atoms with Crippen molar-refractivity contribution in [2.45, 2.75) is 46.6 Å². The third-order valence-corrected chi connectivity index (χ3v) is 4.70. The molecule has 1 heterocycles. The minimum atomic E-state index is -0.113. The van der Waals surface area contributed by atoms with Crippen LogP contribution in [0.4, 0.5) is 0 Å². The van der Waals surface area contributed by atoms with E-state index >= 15 is 0 Å². The molecule has 0 spiro atoms. The van der Waals surface area contributed by atoms with E-state index in [4.69, 9.17) is 9.47 Å². The highest BCUT2D eigenvalue weighted by Gasteiger charge is 2.47. The minimum absolute atomic E-state index is 0.0124. The van der Waals surface area contributed by atoms with Crippen LogP contribution in [-0.4, -0.2) is 25.3 Å². The zero-order valence-corrected chi connectivity index (χ0v) is 11.9. The molecule has 0 radical (unpaired) electrons. The molecule has 102 valence electrons. The Morgan fingerprint density at radius 1 is 1.56 bits per heavy atom. The third kappa shape index (κ3) is 2.33. The first kappa shape index (κ1) is 13.6. The van der Waals surface area contributed by atoms with E-state index in [-0.39, 0.29) is 17.5 Å². The van der Waals surface area contributed by atoms with Crippen molar-refractivity contribution in [1.29, 1.82) is 0 Å². The van der Waals surface area contributed by atoms with Gasteiger partial charge in [-0.3, -0.25) is 4.79 Å². The largest absolute Gasteiger partial charge is 0.465 e. The molecule has 4 atom stereocenters. The number of allylic oxidation sites excluding steroid dienone is 1. The molecule has 0 aromatic heterocycles. The quantitative estimate of drug-likeness (QED) is 0.572. The molecule has 0 saturated carbocycles. The maximum absolute atomic E-state index is 11.4. The van der Waals surface area contributed by atoms with E-state index in [1.807, 2.05) is 6.92 Å². The third-order valence-electron chi connectivity index (χ3n) is 4.70. The number of carbonyl (C=O) groups excluding carboxylic acids is 1. The first-order valence-electron chi connectivity index (χ1n) is 6.94. The van der Waals surface area contributed by atoms with Gasteiger partial charge in [0.25, 0.3) is 0 Å². The van der Waals surface area contributed by atoms with E-state index in [9.17, 15) is 4.79 Å². The van der Waals surface area contributed by atoms with Gasteiger partial charge in [-0.1, -0.05) is 25.5 Å². The normalized spacial score (nSPS) is 39.1. The van der Waals surface area contributed by atoms with Crippen LogP contribution in [0.5, 0.6) is 0 Å². The molecule has 0 amide bonds. The van der Waals surface area contributed by atoms with E-state index < -0.39 is 0 Å². The van der Waals surface area contributed by atoms with E-state index in [1.165, 1.54) is 5.57 Å². The van der Waals surface area contributed by atoms with E-state index in [1.54, 1.807) is 0 Å². The monoisotopic (exact) mass is 252 g/mol. The molecular formula is C15H24O3. The summed E-state index contributed by atoms with van der Waals surface area (Å²) < 4.78 is 11.3. The maximum atomic E-state index is 11.4. The molecule has 18 heavy (non-hydrogen) atoms. The molecule has 1 aliphatic heterocycles. The number of esters is 1. The predicted molar refractivity (Wildman–Crippen MR) is 70.1 cm³/mol. The molecule has 3 nitrogen and oxygen atoms in total. The number of fused-ring (bicyclic) bond motifs is 2. The average molecular weight is 252 g/mol. The fourth-order valence-corrected chi connectivity index (χ4v) is 3.18. The van der Waals surface area contributed by atoms with Crippen LogP contribution < -0.4 is 0 Å². The standard InChI is InChI=1S/C15H24O3/c1-5-14(16)18-9-15-7-13(12(4)17-8-15)10(2)6-11(15)3/h6,11-13H,5,7-9H2,1-4H3/t11-,12+,13+,15-/m1/s1. The zero-order valence-electron chi connectivity index (χ0n) is 11.9. The maximum Gasteiger partial charge on any atom is 0.305 e. The Balaban J connectivity index is 2.14. The second kappa shape index (κ2) is 5.04. The zero-order chi connectivity index (χ0) is 13.3. The molecule has 1 saturated heterocycles. The van der Waals surface area contributed by atoms with E-state index in [0.717, 1.165) is 6.42 Å². The molecule has 3 heteroatoms. The van der Waals surface area contributed by atoms with Gasteiger partial charge in [0.15, 0.2) is 0 Å². The molecule has 1 fully saturated rings. The summed E-state index contributed by atoms with van der Waals surface area (Å²) in [6.07, 6.45) is 4.14. The van der Waals surface area contributed by atoms with Crippen molar-refractivity contribution < 1.29 is 14.3 Å². The highest BCUT2D eigenvalue weighted by atomic mass is 16.5. The SMILES string of the molecule is CCC(=O)OC[C@]12CO[C@@H](C)[C@@H](C1)C(C)=C[C@H]2C. The van der Waals surface area contributed by atoms with Gasteiger partial charge in [-0.2, -0.15) is 0 Å². The number of ether oxygens (including phenoxy) is 2. The summed E-state index contributed by atoms with van der Waals surface area (Å²) in [5, 5.41) is 0. The van der Waals surface area contributed by atoms with Gasteiger partial charge in [-0.15, -0.1) is 0 Å². The molecule has 0 N–H and O–H groups in total. The van der Waals surface area contributed by atoms with Crippen LogP contribution in [0, 0.1) is 17.3 Å². The van der Waals surface area contributed by atoms with Gasteiger partial charge in [-0.05, 0) is 26.2 Å². The second-order valence-electron chi connectivity index (χ2n) is 5.90. The molecule has 0 unspecified atom stereocenters. The van der Waals surface area contributed by atoms with Crippen LogP contribution in [0.3, 0.4) is 0 Å². The van der Waals surface area contributed by atoms with Crippen LogP contribution in [0.25, 0.3) is 0 Å². The lowest BCUT2D eigenvalue weighted by molar-refractivity contribution is -0.161. The van der Waals surface area contributed by atoms with Crippen LogP contribution in [0.15, 0.2) is 11.6 Å². The van der Waals surface area contributed by atoms with Gasteiger partial charge in [0.2, 0.25) is 0 Å². The molecule has 2 aliphatic rings. The Bertz CT molecular complexity index is 361. The van der Waals surface area contributed by atoms with Crippen molar-refractivity contribution in [2.75, 3.05) is 13.2 Å². The van der Waals surface area contributed by atoms with Crippen molar-refractivity contribution in [3.63, 3.8) is 0 Å². The van der Waals surface area contributed by atoms with Crippen LogP contribution in [-0.2, 0) is 14.3 Å². The number of carbonyl (C=O) groups is 1. The van der Waals surface area contributed by atoms with Crippen molar-refractivity contribution in [1.82, 2.24) is 0 Å². The fraction of sp³-hybridized carbons (Fsp3) is 0.800. The van der Waals surface area contributed by atoms with Crippen molar-refractivity contribution in [3.05, 3.63) is 11.6 Å². The van der Waals surface area contributed by atoms with Crippen LogP contribution >= 0.6 is 0 Å². The van der Waals surface area contributed by atoms with Gasteiger partial charge >= 0.3 is 5.97 Å². The Labute approximate surface area is 110 Å². The minimum Gasteiger partial charge on any atom is -0.465 e. The molecule has 0 aromatic carbocycles. The molecule has 2 bridgehead atoms. The highest BCUT2D eigenvalue weighted by Crippen LogP contribution is 2.48. The van der Waals surface area contributed by atoms with Crippen molar-refractivity contribution >= 4 is 5.97 Å². The number of hydrogen-bond acceptors (Lipinski definition) is 3. The summed E-state index contributed by atoms with van der Waals surface area (Å²) >= 11 is 0. The number of rotatable bonds is 3. The molecule has 2 rings (SSSR count). The van der Waals surface area contributed by atoms with Crippen LogP contribution in [0.1, 0.15) is 40.5 Å². The number of hydrogen-bond donors (Lipinski definition) is 0. The molecular weight excluding hydrogens is 228 g/mol. The summed E-state index contributed by atoms with van der Waals surface area (Å²) in [5.41, 5.74) is 1.41. The Kier molecular flexibility index (Phi) is 3.81. The summed E-state index contributed by atoms with van der Waals surface area (Å²) in [6.45, 7) is 9.56. The lowest BCUT2D eigenvalue weighted by atomic mass is 9.63. The first-order chi connectivity index (χ1) is 8.48. The smallest absolute Gasteiger partial charge is 0.305 e. The topological polar surface area (TPSA) is 35.5 Å². The fourth-order valence-electron chi connectivity index (χ4n) is 3.18. The Morgan fingerprint density at radius 3 is 2.94 bits per heavy atom. The summed E-state index contributed by atoms with van der Waals surface area (Å²) in [6, 6.07) is 0.